The van der Waals surface area contributed by atoms with Gasteiger partial charge in [0.15, 0.2) is 5.70 Å². The Morgan fingerprint density at radius 3 is 2.42 bits per heavy atom. The van der Waals surface area contributed by atoms with Crippen molar-refractivity contribution in [3.05, 3.63) is 106 Å². The van der Waals surface area contributed by atoms with Crippen molar-refractivity contribution >= 4 is 29.1 Å². The van der Waals surface area contributed by atoms with E-state index in [0.29, 0.717) is 33.1 Å². The number of hydrogen-bond donors (Lipinski definition) is 0. The number of amides is 2. The highest BCUT2D eigenvalue weighted by Crippen LogP contribution is 2.38. The van der Waals surface area contributed by atoms with Crippen LogP contribution in [0.2, 0.25) is 5.02 Å². The van der Waals surface area contributed by atoms with Gasteiger partial charge in [-0.1, -0.05) is 23.7 Å². The minimum atomic E-state index is -0.583. The maximum Gasteiger partial charge on any atom is 0.299 e. The van der Waals surface area contributed by atoms with E-state index >= 15 is 0 Å². The molecule has 2 amide bonds. The minimum Gasteiger partial charge on any atom is -0.449 e. The number of anilines is 1. The lowest BCUT2D eigenvalue weighted by molar-refractivity contribution is -0.139. The van der Waals surface area contributed by atoms with E-state index in [9.17, 15) is 14.0 Å². The van der Waals surface area contributed by atoms with E-state index in [1.54, 1.807) is 47.4 Å². The first-order valence-corrected chi connectivity index (χ1v) is 10.4. The lowest BCUT2D eigenvalue weighted by Crippen LogP contribution is -2.35. The third-order valence-electron chi connectivity index (χ3n) is 5.50. The van der Waals surface area contributed by atoms with Crippen LogP contribution in [0.25, 0.3) is 0 Å². The molecule has 0 unspecified atom stereocenters. The topological polar surface area (TPSA) is 73.6 Å². The average molecular weight is 460 g/mol. The summed E-state index contributed by atoms with van der Waals surface area (Å²) >= 11 is 6.17. The van der Waals surface area contributed by atoms with Crippen molar-refractivity contribution in [3.8, 4) is 11.8 Å². The smallest absolute Gasteiger partial charge is 0.299 e. The van der Waals surface area contributed by atoms with Crippen LogP contribution in [0, 0.1) is 17.1 Å². The largest absolute Gasteiger partial charge is 0.449 e. The number of nitrogens with zero attached hydrogens (tertiary/aromatic N) is 3. The lowest BCUT2D eigenvalue weighted by Gasteiger charge is -2.25. The maximum absolute atomic E-state index is 13.5. The van der Waals surface area contributed by atoms with Crippen molar-refractivity contribution < 1.29 is 18.7 Å². The van der Waals surface area contributed by atoms with Gasteiger partial charge in [-0.25, -0.2) is 4.39 Å². The summed E-state index contributed by atoms with van der Waals surface area (Å²) in [5, 5.41) is 9.62. The Balaban J connectivity index is 1.58. The summed E-state index contributed by atoms with van der Waals surface area (Å²) in [7, 11) is 0. The number of imide groups is 1. The quantitative estimate of drug-likeness (QED) is 0.538. The second-order valence-electron chi connectivity index (χ2n) is 7.60. The van der Waals surface area contributed by atoms with Crippen LogP contribution in [0.5, 0.6) is 5.75 Å². The van der Waals surface area contributed by atoms with Crippen molar-refractivity contribution in [2.24, 2.45) is 0 Å². The molecule has 6 nitrogen and oxygen atoms in total. The molecule has 0 fully saturated rings. The second kappa shape index (κ2) is 8.08. The number of carbonyl (C=O) groups excluding carboxylic acids is 2. The van der Waals surface area contributed by atoms with Gasteiger partial charge in [-0.3, -0.25) is 14.5 Å². The molecule has 0 aromatic heterocycles. The van der Waals surface area contributed by atoms with Crippen LogP contribution in [0.3, 0.4) is 0 Å². The molecule has 0 spiro atoms. The van der Waals surface area contributed by atoms with Gasteiger partial charge in [-0.05, 0) is 60.2 Å². The third-order valence-corrected chi connectivity index (χ3v) is 5.73. The summed E-state index contributed by atoms with van der Waals surface area (Å²) in [6.45, 7) is 0.201. The SMILES string of the molecule is N#Cc1ccc(N2Cc3cc(Cl)ccc3OC3=C2C(=O)N(Cc2ccc(F)cc2)C3=O)cc1. The molecule has 2 aliphatic rings. The van der Waals surface area contributed by atoms with Crippen molar-refractivity contribution in [3.63, 3.8) is 0 Å². The minimum absolute atomic E-state index is 0.0248. The van der Waals surface area contributed by atoms with Crippen LogP contribution in [0.1, 0.15) is 16.7 Å². The normalized spacial score (nSPS) is 15.1. The fourth-order valence-corrected chi connectivity index (χ4v) is 4.05. The summed E-state index contributed by atoms with van der Waals surface area (Å²) in [5.41, 5.74) is 2.48. The first-order valence-electron chi connectivity index (χ1n) is 10.0. The molecule has 0 radical (unpaired) electrons. The van der Waals surface area contributed by atoms with Crippen LogP contribution < -0.4 is 9.64 Å². The number of nitriles is 1. The Morgan fingerprint density at radius 1 is 1.00 bits per heavy atom. The Kier molecular flexibility index (Phi) is 5.08. The number of ether oxygens (including phenoxy) is 1. The predicted octanol–water partition coefficient (Wildman–Crippen LogP) is 4.53. The Morgan fingerprint density at radius 2 is 1.73 bits per heavy atom. The number of hydrogen-bond acceptors (Lipinski definition) is 5. The summed E-state index contributed by atoms with van der Waals surface area (Å²) in [5.74, 6) is -1.18. The molecular formula is C25H15ClFN3O3. The first-order chi connectivity index (χ1) is 15.9. The molecule has 0 atom stereocenters. The fourth-order valence-electron chi connectivity index (χ4n) is 3.85. The zero-order valence-electron chi connectivity index (χ0n) is 17.1. The molecule has 0 saturated carbocycles. The van der Waals surface area contributed by atoms with Crippen molar-refractivity contribution in [1.82, 2.24) is 4.90 Å². The molecule has 2 heterocycles. The van der Waals surface area contributed by atoms with Gasteiger partial charge in [0.05, 0.1) is 24.7 Å². The molecule has 8 heteroatoms. The zero-order chi connectivity index (χ0) is 23.1. The van der Waals surface area contributed by atoms with Crippen LogP contribution in [0.15, 0.2) is 78.2 Å². The molecule has 0 aliphatic carbocycles. The second-order valence-corrected chi connectivity index (χ2v) is 8.04. The van der Waals surface area contributed by atoms with E-state index in [-0.39, 0.29) is 24.5 Å². The number of carbonyl (C=O) groups is 2. The van der Waals surface area contributed by atoms with Gasteiger partial charge in [0, 0.05) is 16.3 Å². The Bertz CT molecular complexity index is 1360. The van der Waals surface area contributed by atoms with E-state index in [0.717, 1.165) is 4.90 Å². The van der Waals surface area contributed by atoms with E-state index in [2.05, 4.69) is 6.07 Å². The van der Waals surface area contributed by atoms with Gasteiger partial charge >= 0.3 is 0 Å². The van der Waals surface area contributed by atoms with Crippen LogP contribution in [0.4, 0.5) is 10.1 Å². The lowest BCUT2D eigenvalue weighted by atomic mass is 10.1. The Hall–Kier alpha value is -4.15. The standard InChI is InChI=1S/C25H15ClFN3O3/c26-18-5-10-21-17(11-18)14-29(20-8-3-15(12-28)4-9-20)22-23(33-21)25(32)30(24(22)31)13-16-1-6-19(27)7-2-16/h1-11H,13-14H2. The molecule has 0 saturated heterocycles. The van der Waals surface area contributed by atoms with Crippen molar-refractivity contribution in [1.29, 1.82) is 5.26 Å². The van der Waals surface area contributed by atoms with E-state index in [4.69, 9.17) is 21.6 Å². The summed E-state index contributed by atoms with van der Waals surface area (Å²) < 4.78 is 19.2. The molecule has 5 rings (SSSR count). The highest BCUT2D eigenvalue weighted by Gasteiger charge is 2.45. The van der Waals surface area contributed by atoms with Crippen LogP contribution in [-0.2, 0) is 22.7 Å². The third kappa shape index (κ3) is 3.71. The van der Waals surface area contributed by atoms with Crippen molar-refractivity contribution in [2.75, 3.05) is 4.90 Å². The molecule has 33 heavy (non-hydrogen) atoms. The van der Waals surface area contributed by atoms with Gasteiger partial charge in [0.2, 0.25) is 5.76 Å². The van der Waals surface area contributed by atoms with Crippen LogP contribution >= 0.6 is 11.6 Å². The molecular weight excluding hydrogens is 445 g/mol. The average Bonchev–Trinajstić information content (AvgIpc) is 2.96. The van der Waals surface area contributed by atoms with Gasteiger partial charge < -0.3 is 9.64 Å². The fraction of sp³-hybridized carbons (Fsp3) is 0.0800. The molecule has 3 aromatic carbocycles. The monoisotopic (exact) mass is 459 g/mol. The molecule has 3 aromatic rings. The molecule has 162 valence electrons. The van der Waals surface area contributed by atoms with Gasteiger partial charge in [0.1, 0.15) is 11.6 Å². The molecule has 0 N–H and O–H groups in total. The maximum atomic E-state index is 13.5. The summed E-state index contributed by atoms with van der Waals surface area (Å²) in [6, 6.07) is 19.4. The summed E-state index contributed by atoms with van der Waals surface area (Å²) in [4.78, 5) is 29.5. The Labute approximate surface area is 193 Å². The highest BCUT2D eigenvalue weighted by molar-refractivity contribution is 6.30. The van der Waals surface area contributed by atoms with Crippen LogP contribution in [-0.4, -0.2) is 16.7 Å². The van der Waals surface area contributed by atoms with Gasteiger partial charge in [-0.15, -0.1) is 0 Å². The van der Waals surface area contributed by atoms with Gasteiger partial charge in [-0.2, -0.15) is 5.26 Å². The number of benzene rings is 3. The number of rotatable bonds is 3. The van der Waals surface area contributed by atoms with E-state index in [1.165, 1.54) is 24.3 Å². The zero-order valence-corrected chi connectivity index (χ0v) is 17.8. The first kappa shape index (κ1) is 20.7. The highest BCUT2D eigenvalue weighted by atomic mass is 35.5. The van der Waals surface area contributed by atoms with Gasteiger partial charge in [0.25, 0.3) is 11.8 Å². The van der Waals surface area contributed by atoms with E-state index < -0.39 is 17.6 Å². The number of halogens is 2. The summed E-state index contributed by atoms with van der Waals surface area (Å²) in [6.07, 6.45) is 0. The predicted molar refractivity (Wildman–Crippen MR) is 118 cm³/mol. The number of fused-ring (bicyclic) bond motifs is 1. The molecule has 0 bridgehead atoms. The molecule has 2 aliphatic heterocycles. The van der Waals surface area contributed by atoms with E-state index in [1.807, 2.05) is 0 Å². The van der Waals surface area contributed by atoms with Crippen molar-refractivity contribution in [2.45, 2.75) is 13.1 Å².